The van der Waals surface area contributed by atoms with Crippen LogP contribution in [-0.4, -0.2) is 74.3 Å². The Morgan fingerprint density at radius 3 is 0.810 bits per heavy atom. The van der Waals surface area contributed by atoms with E-state index in [0.717, 1.165) is 54.6 Å². The molecule has 0 saturated heterocycles. The number of nitro groups is 3. The number of carboxylic acids is 3. The Balaban J connectivity index is -0.000000524. The van der Waals surface area contributed by atoms with Gasteiger partial charge in [-0.1, -0.05) is 0 Å². The number of benzene rings is 3. The molecule has 10 N–H and O–H groups in total. The number of nitrogens with zero attached hydrogens (tertiary/aromatic N) is 3. The van der Waals surface area contributed by atoms with Gasteiger partial charge in [-0.2, -0.15) is 0 Å². The first-order chi connectivity index (χ1) is 18.1. The van der Waals surface area contributed by atoms with Gasteiger partial charge in [-0.3, -0.25) is 30.3 Å². The molecule has 3 aromatic rings. The van der Waals surface area contributed by atoms with Gasteiger partial charge in [0.05, 0.1) is 31.5 Å². The van der Waals surface area contributed by atoms with E-state index in [1.165, 1.54) is 0 Å². The average Bonchev–Trinajstić information content (AvgIpc) is 2.83. The number of aromatic hydroxyl groups is 3. The van der Waals surface area contributed by atoms with Crippen molar-refractivity contribution in [3.8, 4) is 17.2 Å². The second-order valence-corrected chi connectivity index (χ2v) is 6.80. The molecular formula is C21H19N3O17Tb. The number of phenolic OH excluding ortho intramolecular Hbond substituents is 3. The predicted octanol–water partition coefficient (Wildman–Crippen LogP) is 1.35. The zero-order valence-corrected chi connectivity index (χ0v) is 22.4. The third-order valence-corrected chi connectivity index (χ3v) is 4.26. The van der Waals surface area contributed by atoms with Gasteiger partial charge in [0.1, 0.15) is 0 Å². The topological polar surface area (TPSA) is 365 Å². The van der Waals surface area contributed by atoms with Gasteiger partial charge in [0, 0.05) is 75.0 Å². The van der Waals surface area contributed by atoms with Gasteiger partial charge in [0.15, 0.2) is 17.2 Å². The monoisotopic (exact) mass is 744 g/mol. The van der Waals surface area contributed by atoms with E-state index >= 15 is 0 Å². The number of carbonyl (C=O) groups is 3. The molecule has 0 aromatic heterocycles. The quantitative estimate of drug-likeness (QED) is 0.153. The molecule has 229 valence electrons. The molecule has 0 atom stereocenters. The molecular weight excluding hydrogens is 725 g/mol. The zero-order chi connectivity index (χ0) is 30.0. The molecule has 42 heavy (non-hydrogen) atoms. The molecule has 0 spiro atoms. The fraction of sp³-hybridized carbons (Fsp3) is 0. The van der Waals surface area contributed by atoms with Crippen LogP contribution in [0.2, 0.25) is 0 Å². The normalized spacial score (nSPS) is 8.86. The first-order valence-corrected chi connectivity index (χ1v) is 9.68. The summed E-state index contributed by atoms with van der Waals surface area (Å²) in [5.41, 5.74) is -2.10. The van der Waals surface area contributed by atoms with Crippen molar-refractivity contribution in [1.82, 2.24) is 0 Å². The predicted molar refractivity (Wildman–Crippen MR) is 132 cm³/mol. The Bertz CT molecular complexity index is 1300. The maximum atomic E-state index is 10.4. The van der Waals surface area contributed by atoms with Gasteiger partial charge in [0.25, 0.3) is 0 Å². The summed E-state index contributed by atoms with van der Waals surface area (Å²) in [5, 5.41) is 83.0. The van der Waals surface area contributed by atoms with Crippen molar-refractivity contribution in [2.45, 2.75) is 0 Å². The van der Waals surface area contributed by atoms with Crippen LogP contribution < -0.4 is 0 Å². The summed E-state index contributed by atoms with van der Waals surface area (Å²) >= 11 is 0. The SMILES string of the molecule is O.O.O=C(O)c1ccc([N+](=O)[O-])c(O)c1.O=C(O)c1ccc([N+](=O)[O-])c(O)c1.O=C(O)c1ccc([N+](=O)[O-])c(O)c1.[Tb]. The number of hydrogen-bond acceptors (Lipinski definition) is 12. The molecule has 0 fully saturated rings. The van der Waals surface area contributed by atoms with Gasteiger partial charge in [-0.15, -0.1) is 0 Å². The Morgan fingerprint density at radius 2 is 0.690 bits per heavy atom. The Kier molecular flexibility index (Phi) is 18.0. The summed E-state index contributed by atoms with van der Waals surface area (Å²) in [6, 6.07) is 8.50. The van der Waals surface area contributed by atoms with E-state index in [2.05, 4.69) is 0 Å². The molecule has 0 heterocycles. The molecule has 3 aromatic carbocycles. The van der Waals surface area contributed by atoms with E-state index in [1.54, 1.807) is 0 Å². The van der Waals surface area contributed by atoms with Crippen LogP contribution in [0.5, 0.6) is 17.2 Å². The minimum atomic E-state index is -1.25. The summed E-state index contributed by atoms with van der Waals surface area (Å²) in [5.74, 6) is -5.68. The number of carboxylic acid groups (broad SMARTS) is 3. The number of rotatable bonds is 6. The first kappa shape index (κ1) is 41.4. The van der Waals surface area contributed by atoms with Crippen molar-refractivity contribution in [2.75, 3.05) is 0 Å². The summed E-state index contributed by atoms with van der Waals surface area (Å²) in [6.45, 7) is 0. The molecule has 20 nitrogen and oxygen atoms in total. The molecule has 0 amide bonds. The molecule has 1 radical (unpaired) electrons. The molecule has 0 unspecified atom stereocenters. The number of nitro benzene ring substituents is 3. The molecule has 0 aliphatic carbocycles. The van der Waals surface area contributed by atoms with Gasteiger partial charge >= 0.3 is 35.0 Å². The Hall–Kier alpha value is -5.12. The van der Waals surface area contributed by atoms with E-state index in [4.69, 9.17) is 30.6 Å². The van der Waals surface area contributed by atoms with E-state index in [-0.39, 0.29) is 66.3 Å². The van der Waals surface area contributed by atoms with E-state index < -0.39 is 67.0 Å². The Labute approximate surface area is 262 Å². The van der Waals surface area contributed by atoms with E-state index in [9.17, 15) is 44.7 Å². The number of aromatic carboxylic acids is 3. The minimum Gasteiger partial charge on any atom is -0.502 e. The van der Waals surface area contributed by atoms with Gasteiger partial charge in [0.2, 0.25) is 0 Å². The fourth-order valence-electron chi connectivity index (χ4n) is 2.43. The van der Waals surface area contributed by atoms with Crippen molar-refractivity contribution in [1.29, 1.82) is 0 Å². The number of phenols is 3. The van der Waals surface area contributed by atoms with Crippen molar-refractivity contribution in [3.05, 3.63) is 102 Å². The van der Waals surface area contributed by atoms with Gasteiger partial charge in [-0.25, -0.2) is 14.4 Å². The third-order valence-electron chi connectivity index (χ3n) is 4.26. The standard InChI is InChI=1S/3C7H5NO5.2H2O.Tb/c3*9-6-3-4(7(10)11)1-2-5(6)8(12)13;;;/h3*1-3,9H,(H,10,11);2*1H2;. The van der Waals surface area contributed by atoms with E-state index in [1.807, 2.05) is 0 Å². The molecule has 0 aliphatic rings. The summed E-state index contributed by atoms with van der Waals surface area (Å²) < 4.78 is 0. The first-order valence-electron chi connectivity index (χ1n) is 9.68. The van der Waals surface area contributed by atoms with Crippen molar-refractivity contribution in [2.24, 2.45) is 0 Å². The molecule has 21 heteroatoms. The fourth-order valence-corrected chi connectivity index (χ4v) is 2.43. The molecule has 0 aliphatic heterocycles. The minimum absolute atomic E-state index is 0. The second-order valence-electron chi connectivity index (χ2n) is 6.80. The van der Waals surface area contributed by atoms with Crippen LogP contribution in [0.3, 0.4) is 0 Å². The van der Waals surface area contributed by atoms with Gasteiger partial charge < -0.3 is 41.6 Å². The zero-order valence-electron chi connectivity index (χ0n) is 20.2. The maximum Gasteiger partial charge on any atom is 0.335 e. The smallest absolute Gasteiger partial charge is 0.335 e. The number of hydrogen-bond donors (Lipinski definition) is 6. The summed E-state index contributed by atoms with van der Waals surface area (Å²) in [6.07, 6.45) is 0. The third kappa shape index (κ3) is 11.9. The summed E-state index contributed by atoms with van der Waals surface area (Å²) in [4.78, 5) is 59.3. The average molecular weight is 744 g/mol. The van der Waals surface area contributed by atoms with Crippen LogP contribution in [0.15, 0.2) is 54.6 Å². The molecule has 3 rings (SSSR count). The summed E-state index contributed by atoms with van der Waals surface area (Å²) in [7, 11) is 0. The van der Waals surface area contributed by atoms with Crippen LogP contribution in [0.4, 0.5) is 17.1 Å². The van der Waals surface area contributed by atoms with Crippen LogP contribution in [0.1, 0.15) is 31.1 Å². The van der Waals surface area contributed by atoms with Crippen molar-refractivity contribution < 1.29 is 109 Å². The molecule has 0 saturated carbocycles. The largest absolute Gasteiger partial charge is 0.502 e. The van der Waals surface area contributed by atoms with Crippen LogP contribution in [-0.2, 0) is 0 Å². The Morgan fingerprint density at radius 1 is 0.500 bits per heavy atom. The van der Waals surface area contributed by atoms with Crippen molar-refractivity contribution in [3.63, 3.8) is 0 Å². The van der Waals surface area contributed by atoms with Crippen molar-refractivity contribution >= 4 is 35.0 Å². The molecule has 0 bridgehead atoms. The van der Waals surface area contributed by atoms with Crippen LogP contribution in [0.25, 0.3) is 0 Å². The second kappa shape index (κ2) is 18.3. The maximum absolute atomic E-state index is 10.4. The van der Waals surface area contributed by atoms with Crippen LogP contribution in [0, 0.1) is 69.0 Å². The van der Waals surface area contributed by atoms with Crippen LogP contribution >= 0.6 is 0 Å². The van der Waals surface area contributed by atoms with Gasteiger partial charge in [-0.05, 0) is 18.2 Å². The van der Waals surface area contributed by atoms with E-state index in [0.29, 0.717) is 0 Å².